The van der Waals surface area contributed by atoms with Gasteiger partial charge in [-0.3, -0.25) is 9.79 Å². The molecule has 8 heteroatoms. The highest BCUT2D eigenvalue weighted by Crippen LogP contribution is 2.18. The van der Waals surface area contributed by atoms with E-state index in [2.05, 4.69) is 15.6 Å². The van der Waals surface area contributed by atoms with Crippen molar-refractivity contribution in [3.8, 4) is 0 Å². The molecule has 0 saturated carbocycles. The number of halogens is 3. The van der Waals surface area contributed by atoms with Crippen LogP contribution in [0, 0.1) is 5.82 Å². The van der Waals surface area contributed by atoms with Crippen LogP contribution in [0.1, 0.15) is 26.3 Å². The van der Waals surface area contributed by atoms with Crippen molar-refractivity contribution in [3.63, 3.8) is 0 Å². The summed E-state index contributed by atoms with van der Waals surface area (Å²) in [4.78, 5) is 17.8. The van der Waals surface area contributed by atoms with Crippen LogP contribution in [0.3, 0.4) is 0 Å². The van der Waals surface area contributed by atoms with Crippen LogP contribution in [0.4, 0.5) is 4.39 Å². The summed E-state index contributed by atoms with van der Waals surface area (Å²) in [5.74, 6) is 0.147. The van der Waals surface area contributed by atoms with E-state index in [4.69, 9.17) is 11.6 Å². The molecule has 0 saturated heterocycles. The molecule has 0 aliphatic rings. The molecule has 0 fully saturated rings. The van der Waals surface area contributed by atoms with E-state index in [0.29, 0.717) is 29.5 Å². The molecule has 2 N–H and O–H groups in total. The first kappa shape index (κ1) is 23.9. The molecule has 1 rings (SSSR count). The number of guanidine groups is 1. The van der Waals surface area contributed by atoms with Gasteiger partial charge in [0.2, 0.25) is 5.91 Å². The van der Waals surface area contributed by atoms with Gasteiger partial charge in [-0.15, -0.1) is 24.0 Å². The Kier molecular flexibility index (Phi) is 10.3. The van der Waals surface area contributed by atoms with Crippen molar-refractivity contribution in [3.05, 3.63) is 34.6 Å². The Morgan fingerprint density at radius 3 is 2.52 bits per heavy atom. The van der Waals surface area contributed by atoms with Crippen LogP contribution in [0.2, 0.25) is 5.02 Å². The Morgan fingerprint density at radius 1 is 1.36 bits per heavy atom. The Bertz CT molecular complexity index is 585. The van der Waals surface area contributed by atoms with Crippen LogP contribution in [0.5, 0.6) is 0 Å². The van der Waals surface area contributed by atoms with Gasteiger partial charge in [0.05, 0.1) is 6.54 Å². The molecule has 25 heavy (non-hydrogen) atoms. The SMILES string of the molecule is CN=C(NCCc1c(F)cccc1Cl)N(C)CC(=O)NC(C)(C)C.I. The third kappa shape index (κ3) is 8.71. The Morgan fingerprint density at radius 2 is 2.00 bits per heavy atom. The lowest BCUT2D eigenvalue weighted by Crippen LogP contribution is -2.49. The monoisotopic (exact) mass is 484 g/mol. The van der Waals surface area contributed by atoms with Gasteiger partial charge < -0.3 is 15.5 Å². The first-order valence-electron chi connectivity index (χ1n) is 7.79. The third-order valence-corrected chi connectivity index (χ3v) is 3.54. The standard InChI is InChI=1S/C17H26ClFN4O.HI/c1-17(2,3)22-15(24)11-23(5)16(20-4)21-10-9-12-13(18)7-6-8-14(12)19;/h6-8H,9-11H2,1-5H3,(H,20,21)(H,22,24);1H. The lowest BCUT2D eigenvalue weighted by Gasteiger charge is -2.25. The van der Waals surface area contributed by atoms with Crippen molar-refractivity contribution < 1.29 is 9.18 Å². The molecule has 1 amide bonds. The van der Waals surface area contributed by atoms with E-state index < -0.39 is 0 Å². The van der Waals surface area contributed by atoms with E-state index in [9.17, 15) is 9.18 Å². The van der Waals surface area contributed by atoms with E-state index >= 15 is 0 Å². The Labute approximate surface area is 171 Å². The normalized spacial score (nSPS) is 11.6. The van der Waals surface area contributed by atoms with Gasteiger partial charge in [0.15, 0.2) is 5.96 Å². The molecule has 0 aliphatic carbocycles. The van der Waals surface area contributed by atoms with Crippen molar-refractivity contribution in [2.75, 3.05) is 27.2 Å². The molecule has 0 heterocycles. The number of rotatable bonds is 5. The molecule has 0 bridgehead atoms. The molecule has 142 valence electrons. The second kappa shape index (κ2) is 10.8. The van der Waals surface area contributed by atoms with E-state index in [1.807, 2.05) is 20.8 Å². The van der Waals surface area contributed by atoms with Gasteiger partial charge in [0, 0.05) is 36.8 Å². The van der Waals surface area contributed by atoms with E-state index in [-0.39, 0.29) is 47.8 Å². The highest BCUT2D eigenvalue weighted by Gasteiger charge is 2.16. The number of hydrogen-bond acceptors (Lipinski definition) is 2. The maximum absolute atomic E-state index is 13.7. The number of benzene rings is 1. The van der Waals surface area contributed by atoms with Crippen molar-refractivity contribution in [2.24, 2.45) is 4.99 Å². The lowest BCUT2D eigenvalue weighted by atomic mass is 10.1. The molecule has 1 aromatic carbocycles. The highest BCUT2D eigenvalue weighted by molar-refractivity contribution is 14.0. The quantitative estimate of drug-likeness (QED) is 0.384. The maximum Gasteiger partial charge on any atom is 0.240 e. The fourth-order valence-corrected chi connectivity index (χ4v) is 2.46. The molecule has 0 aromatic heterocycles. The summed E-state index contributed by atoms with van der Waals surface area (Å²) >= 11 is 6.01. The van der Waals surface area contributed by atoms with Crippen LogP contribution in [0.15, 0.2) is 23.2 Å². The number of likely N-dealkylation sites (N-methyl/N-ethyl adjacent to an activating group) is 1. The molecule has 0 aliphatic heterocycles. The largest absolute Gasteiger partial charge is 0.356 e. The average molecular weight is 485 g/mol. The minimum atomic E-state index is -0.322. The van der Waals surface area contributed by atoms with Crippen LogP contribution < -0.4 is 10.6 Å². The van der Waals surface area contributed by atoms with Gasteiger partial charge in [-0.25, -0.2) is 4.39 Å². The molecule has 0 atom stereocenters. The zero-order chi connectivity index (χ0) is 18.3. The second-order valence-corrected chi connectivity index (χ2v) is 6.99. The third-order valence-electron chi connectivity index (χ3n) is 3.19. The van der Waals surface area contributed by atoms with Gasteiger partial charge >= 0.3 is 0 Å². The van der Waals surface area contributed by atoms with Gasteiger partial charge in [-0.2, -0.15) is 0 Å². The first-order valence-corrected chi connectivity index (χ1v) is 8.17. The first-order chi connectivity index (χ1) is 11.1. The zero-order valence-electron chi connectivity index (χ0n) is 15.3. The predicted molar refractivity (Wildman–Crippen MR) is 112 cm³/mol. The van der Waals surface area contributed by atoms with Crippen molar-refractivity contribution in [1.82, 2.24) is 15.5 Å². The fourth-order valence-electron chi connectivity index (χ4n) is 2.20. The van der Waals surface area contributed by atoms with Crippen LogP contribution in [0.25, 0.3) is 0 Å². The molecular formula is C17H27ClFIN4O. The molecule has 0 unspecified atom stereocenters. The number of nitrogens with one attached hydrogen (secondary N) is 2. The summed E-state index contributed by atoms with van der Waals surface area (Å²) in [6, 6.07) is 4.63. The minimum Gasteiger partial charge on any atom is -0.356 e. The summed E-state index contributed by atoms with van der Waals surface area (Å²) in [6.45, 7) is 6.41. The van der Waals surface area contributed by atoms with Gasteiger partial charge in [0.1, 0.15) is 5.82 Å². The van der Waals surface area contributed by atoms with Crippen LogP contribution in [-0.2, 0) is 11.2 Å². The summed E-state index contributed by atoms with van der Waals surface area (Å²) in [6.07, 6.45) is 0.423. The summed E-state index contributed by atoms with van der Waals surface area (Å²) in [5, 5.41) is 6.41. The Balaban J connectivity index is 0.00000576. The summed E-state index contributed by atoms with van der Waals surface area (Å²) < 4.78 is 13.7. The fraction of sp³-hybridized carbons (Fsp3) is 0.529. The number of amides is 1. The lowest BCUT2D eigenvalue weighted by molar-refractivity contribution is -0.122. The van der Waals surface area contributed by atoms with E-state index in [0.717, 1.165) is 0 Å². The number of carbonyl (C=O) groups is 1. The smallest absolute Gasteiger partial charge is 0.240 e. The molecule has 5 nitrogen and oxygen atoms in total. The van der Waals surface area contributed by atoms with Crippen LogP contribution in [-0.4, -0.2) is 49.5 Å². The molecule has 0 spiro atoms. The number of hydrogen-bond donors (Lipinski definition) is 2. The summed E-state index contributed by atoms with van der Waals surface area (Å²) in [5.41, 5.74) is 0.187. The predicted octanol–water partition coefficient (Wildman–Crippen LogP) is 3.06. The van der Waals surface area contributed by atoms with Gasteiger partial charge in [-0.1, -0.05) is 17.7 Å². The second-order valence-electron chi connectivity index (χ2n) is 6.58. The molecule has 1 aromatic rings. The van der Waals surface area contributed by atoms with Crippen LogP contribution >= 0.6 is 35.6 Å². The maximum atomic E-state index is 13.7. The zero-order valence-corrected chi connectivity index (χ0v) is 18.4. The highest BCUT2D eigenvalue weighted by atomic mass is 127. The van der Waals surface area contributed by atoms with E-state index in [1.54, 1.807) is 31.1 Å². The molecule has 0 radical (unpaired) electrons. The minimum absolute atomic E-state index is 0. The Hall–Kier alpha value is -1.09. The average Bonchev–Trinajstić information content (AvgIpc) is 2.43. The number of aliphatic imine (C=N–C) groups is 1. The van der Waals surface area contributed by atoms with Crippen molar-refractivity contribution >= 4 is 47.4 Å². The van der Waals surface area contributed by atoms with Crippen molar-refractivity contribution in [1.29, 1.82) is 0 Å². The molecular weight excluding hydrogens is 458 g/mol. The number of carbonyl (C=O) groups excluding carboxylic acids is 1. The number of nitrogens with zero attached hydrogens (tertiary/aromatic N) is 2. The van der Waals surface area contributed by atoms with Gasteiger partial charge in [-0.05, 0) is 39.3 Å². The van der Waals surface area contributed by atoms with Gasteiger partial charge in [0.25, 0.3) is 0 Å². The van der Waals surface area contributed by atoms with Crippen molar-refractivity contribution in [2.45, 2.75) is 32.7 Å². The topological polar surface area (TPSA) is 56.7 Å². The summed E-state index contributed by atoms with van der Waals surface area (Å²) in [7, 11) is 3.41. The van der Waals surface area contributed by atoms with E-state index in [1.165, 1.54) is 6.07 Å².